The van der Waals surface area contributed by atoms with E-state index in [0.29, 0.717) is 0 Å². The predicted octanol–water partition coefficient (Wildman–Crippen LogP) is 2.25. The summed E-state index contributed by atoms with van der Waals surface area (Å²) in [6.45, 7) is 6.63. The molecule has 0 spiro atoms. The Morgan fingerprint density at radius 3 is 2.67 bits per heavy atom. The van der Waals surface area contributed by atoms with Gasteiger partial charge in [-0.3, -0.25) is 0 Å². The number of piperidine rings is 1. The lowest BCUT2D eigenvalue weighted by atomic mass is 9.94. The molecule has 1 unspecified atom stereocenters. The Morgan fingerprint density at radius 2 is 1.93 bits per heavy atom. The summed E-state index contributed by atoms with van der Waals surface area (Å²) in [5.74, 6) is 0.984. The molecule has 2 saturated heterocycles. The van der Waals surface area contributed by atoms with E-state index in [2.05, 4.69) is 10.2 Å². The number of nitrogens with zero attached hydrogens (tertiary/aromatic N) is 1. The molecule has 88 valence electrons. The molecule has 1 atom stereocenters. The zero-order valence-corrected chi connectivity index (χ0v) is 10.0. The van der Waals surface area contributed by atoms with Crippen LogP contribution in [0.2, 0.25) is 0 Å². The van der Waals surface area contributed by atoms with Crippen LogP contribution in [0.25, 0.3) is 0 Å². The minimum Gasteiger partial charge on any atom is -0.316 e. The lowest BCUT2D eigenvalue weighted by Crippen LogP contribution is -2.29. The summed E-state index contributed by atoms with van der Waals surface area (Å²) in [6.07, 6.45) is 10.1. The van der Waals surface area contributed by atoms with Crippen LogP contribution in [0.15, 0.2) is 0 Å². The van der Waals surface area contributed by atoms with Gasteiger partial charge < -0.3 is 10.2 Å². The highest BCUT2D eigenvalue weighted by Crippen LogP contribution is 2.17. The first-order valence-corrected chi connectivity index (χ1v) is 6.88. The van der Waals surface area contributed by atoms with E-state index in [1.807, 2.05) is 0 Å². The first kappa shape index (κ1) is 11.4. The number of hydrogen-bond donors (Lipinski definition) is 1. The van der Waals surface area contributed by atoms with Crippen LogP contribution in [0.5, 0.6) is 0 Å². The summed E-state index contributed by atoms with van der Waals surface area (Å²) in [7, 11) is 0. The fraction of sp³-hybridized carbons (Fsp3) is 1.00. The summed E-state index contributed by atoms with van der Waals surface area (Å²) >= 11 is 0. The van der Waals surface area contributed by atoms with Gasteiger partial charge in [-0.05, 0) is 77.2 Å². The lowest BCUT2D eigenvalue weighted by Gasteiger charge is -2.23. The number of hydrogen-bond acceptors (Lipinski definition) is 2. The van der Waals surface area contributed by atoms with Gasteiger partial charge in [-0.2, -0.15) is 0 Å². The monoisotopic (exact) mass is 210 g/mol. The maximum Gasteiger partial charge on any atom is -0.00183 e. The maximum atomic E-state index is 3.51. The average molecular weight is 210 g/mol. The third-order valence-electron chi connectivity index (χ3n) is 3.93. The van der Waals surface area contributed by atoms with Crippen LogP contribution < -0.4 is 5.32 Å². The van der Waals surface area contributed by atoms with Gasteiger partial charge in [0, 0.05) is 0 Å². The van der Waals surface area contributed by atoms with Crippen molar-refractivity contribution in [2.45, 2.75) is 44.9 Å². The van der Waals surface area contributed by atoms with Crippen LogP contribution >= 0.6 is 0 Å². The molecule has 2 heterocycles. The third kappa shape index (κ3) is 4.12. The molecule has 0 radical (unpaired) electrons. The van der Waals surface area contributed by atoms with Crippen molar-refractivity contribution in [3.63, 3.8) is 0 Å². The highest BCUT2D eigenvalue weighted by atomic mass is 15.1. The van der Waals surface area contributed by atoms with Crippen LogP contribution in [0.1, 0.15) is 44.9 Å². The highest BCUT2D eigenvalue weighted by molar-refractivity contribution is 4.70. The van der Waals surface area contributed by atoms with Crippen molar-refractivity contribution in [1.29, 1.82) is 0 Å². The Kier molecular flexibility index (Phi) is 4.94. The van der Waals surface area contributed by atoms with Crippen LogP contribution in [-0.4, -0.2) is 37.6 Å². The smallest absolute Gasteiger partial charge is 0.00183 e. The maximum absolute atomic E-state index is 3.51. The van der Waals surface area contributed by atoms with E-state index in [0.717, 1.165) is 5.92 Å². The van der Waals surface area contributed by atoms with Crippen LogP contribution in [-0.2, 0) is 0 Å². The second kappa shape index (κ2) is 6.49. The lowest BCUT2D eigenvalue weighted by molar-refractivity contribution is 0.307. The molecule has 0 aromatic carbocycles. The second-order valence-electron chi connectivity index (χ2n) is 5.26. The molecule has 0 amide bonds. The molecule has 2 aliphatic heterocycles. The second-order valence-corrected chi connectivity index (χ2v) is 5.26. The number of unbranched alkanes of at least 4 members (excludes halogenated alkanes) is 1. The first-order valence-electron chi connectivity index (χ1n) is 6.88. The molecule has 2 nitrogen and oxygen atoms in total. The van der Waals surface area contributed by atoms with E-state index in [1.54, 1.807) is 0 Å². The Bertz CT molecular complexity index is 158. The van der Waals surface area contributed by atoms with Crippen LogP contribution in [0, 0.1) is 5.92 Å². The predicted molar refractivity (Wildman–Crippen MR) is 65.1 cm³/mol. The van der Waals surface area contributed by atoms with Crippen molar-refractivity contribution in [2.75, 3.05) is 32.7 Å². The highest BCUT2D eigenvalue weighted by Gasteiger charge is 2.13. The van der Waals surface area contributed by atoms with Crippen molar-refractivity contribution in [3.8, 4) is 0 Å². The Labute approximate surface area is 94.4 Å². The SMILES string of the molecule is C(CCN1CCCC1)CC1CCCNC1. The van der Waals surface area contributed by atoms with Crippen LogP contribution in [0.4, 0.5) is 0 Å². The summed E-state index contributed by atoms with van der Waals surface area (Å²) in [4.78, 5) is 2.64. The number of nitrogens with one attached hydrogen (secondary N) is 1. The van der Waals surface area contributed by atoms with Gasteiger partial charge in [0.25, 0.3) is 0 Å². The summed E-state index contributed by atoms with van der Waals surface area (Å²) in [6, 6.07) is 0. The molecule has 0 bridgehead atoms. The molecule has 2 aliphatic rings. The van der Waals surface area contributed by atoms with Crippen molar-refractivity contribution >= 4 is 0 Å². The molecule has 2 fully saturated rings. The summed E-state index contributed by atoms with van der Waals surface area (Å²) in [5, 5.41) is 3.51. The molecule has 0 saturated carbocycles. The van der Waals surface area contributed by atoms with Gasteiger partial charge in [-0.25, -0.2) is 0 Å². The topological polar surface area (TPSA) is 15.3 Å². The van der Waals surface area contributed by atoms with E-state index in [-0.39, 0.29) is 0 Å². The Balaban J connectivity index is 1.47. The molecule has 1 N–H and O–H groups in total. The molecular formula is C13H26N2. The number of likely N-dealkylation sites (tertiary alicyclic amines) is 1. The third-order valence-corrected chi connectivity index (χ3v) is 3.93. The summed E-state index contributed by atoms with van der Waals surface area (Å²) in [5.41, 5.74) is 0. The Morgan fingerprint density at radius 1 is 1.07 bits per heavy atom. The molecule has 0 aromatic heterocycles. The van der Waals surface area contributed by atoms with E-state index in [9.17, 15) is 0 Å². The standard InChI is InChI=1S/C13H26N2/c1(2-9-15-10-3-4-11-15)6-13-7-5-8-14-12-13/h13-14H,1-12H2. The fourth-order valence-corrected chi connectivity index (χ4v) is 2.95. The van der Waals surface area contributed by atoms with Crippen molar-refractivity contribution < 1.29 is 0 Å². The van der Waals surface area contributed by atoms with E-state index in [1.165, 1.54) is 77.7 Å². The molecule has 2 heteroatoms. The minimum absolute atomic E-state index is 0.984. The van der Waals surface area contributed by atoms with Gasteiger partial charge in [-0.1, -0.05) is 6.42 Å². The molecule has 15 heavy (non-hydrogen) atoms. The quantitative estimate of drug-likeness (QED) is 0.700. The summed E-state index contributed by atoms with van der Waals surface area (Å²) < 4.78 is 0. The van der Waals surface area contributed by atoms with Crippen molar-refractivity contribution in [3.05, 3.63) is 0 Å². The average Bonchev–Trinajstić information content (AvgIpc) is 2.79. The van der Waals surface area contributed by atoms with Gasteiger partial charge in [0.05, 0.1) is 0 Å². The van der Waals surface area contributed by atoms with E-state index >= 15 is 0 Å². The molecule has 0 aromatic rings. The number of rotatable bonds is 5. The molecule has 0 aliphatic carbocycles. The van der Waals surface area contributed by atoms with E-state index < -0.39 is 0 Å². The van der Waals surface area contributed by atoms with Gasteiger partial charge in [0.1, 0.15) is 0 Å². The molecular weight excluding hydrogens is 184 g/mol. The minimum atomic E-state index is 0.984. The fourth-order valence-electron chi connectivity index (χ4n) is 2.95. The first-order chi connectivity index (χ1) is 7.45. The van der Waals surface area contributed by atoms with Gasteiger partial charge >= 0.3 is 0 Å². The van der Waals surface area contributed by atoms with Gasteiger partial charge in [0.2, 0.25) is 0 Å². The van der Waals surface area contributed by atoms with E-state index in [4.69, 9.17) is 0 Å². The Hall–Kier alpha value is -0.0800. The molecule has 2 rings (SSSR count). The van der Waals surface area contributed by atoms with Crippen molar-refractivity contribution in [1.82, 2.24) is 10.2 Å². The van der Waals surface area contributed by atoms with Gasteiger partial charge in [-0.15, -0.1) is 0 Å². The van der Waals surface area contributed by atoms with Crippen LogP contribution in [0.3, 0.4) is 0 Å². The largest absolute Gasteiger partial charge is 0.316 e. The zero-order valence-electron chi connectivity index (χ0n) is 10.0. The zero-order chi connectivity index (χ0) is 10.3. The van der Waals surface area contributed by atoms with Gasteiger partial charge in [0.15, 0.2) is 0 Å². The normalized spacial score (nSPS) is 28.4. The van der Waals surface area contributed by atoms with Crippen molar-refractivity contribution in [2.24, 2.45) is 5.92 Å².